The second kappa shape index (κ2) is 5.91. The summed E-state index contributed by atoms with van der Waals surface area (Å²) in [5.41, 5.74) is 2.19. The quantitative estimate of drug-likeness (QED) is 0.895. The summed E-state index contributed by atoms with van der Waals surface area (Å²) in [6.07, 6.45) is 1.24. The molecule has 1 aliphatic rings. The van der Waals surface area contributed by atoms with Crippen molar-refractivity contribution >= 4 is 11.6 Å². The summed E-state index contributed by atoms with van der Waals surface area (Å²) in [5, 5.41) is 11.6. The van der Waals surface area contributed by atoms with E-state index in [0.717, 1.165) is 5.56 Å². The molecule has 22 heavy (non-hydrogen) atoms. The van der Waals surface area contributed by atoms with Gasteiger partial charge >= 0.3 is 0 Å². The number of allylic oxidation sites excluding steroid dienone is 2. The van der Waals surface area contributed by atoms with E-state index in [1.165, 1.54) is 6.08 Å². The molecule has 0 aliphatic heterocycles. The Kier molecular flexibility index (Phi) is 3.80. The van der Waals surface area contributed by atoms with E-state index in [-0.39, 0.29) is 41.7 Å². The number of hydrogen-bond acceptors (Lipinski definition) is 5. The minimum Gasteiger partial charge on any atom is -0.395 e. The zero-order chi connectivity index (χ0) is 15.5. The smallest absolute Gasteiger partial charge is 0.211 e. The Morgan fingerprint density at radius 1 is 1.05 bits per heavy atom. The Labute approximate surface area is 127 Å². The lowest BCUT2D eigenvalue weighted by Crippen LogP contribution is -2.29. The number of aliphatic hydroxyl groups is 1. The fraction of sp³-hybridized carbons (Fsp3) is 0.118. The lowest BCUT2D eigenvalue weighted by atomic mass is 9.96. The minimum atomic E-state index is -0.312. The maximum absolute atomic E-state index is 12.3. The van der Waals surface area contributed by atoms with Gasteiger partial charge in [-0.25, -0.2) is 4.98 Å². The summed E-state index contributed by atoms with van der Waals surface area (Å²) < 4.78 is 0. The number of benzene rings is 1. The van der Waals surface area contributed by atoms with Gasteiger partial charge in [0.25, 0.3) is 0 Å². The average molecular weight is 294 g/mol. The number of Topliss-reactive ketones (excluding diaryl/α,β-unsaturated/α-hetero) is 1. The van der Waals surface area contributed by atoms with Gasteiger partial charge in [-0.05, 0) is 12.1 Å². The first-order chi connectivity index (χ1) is 10.7. The lowest BCUT2D eigenvalue weighted by molar-refractivity contribution is 0.0974. The third-order valence-corrected chi connectivity index (χ3v) is 3.39. The van der Waals surface area contributed by atoms with Crippen molar-refractivity contribution in [2.45, 2.75) is 0 Å². The topological polar surface area (TPSA) is 79.3 Å². The molecule has 1 aliphatic carbocycles. The first kappa shape index (κ1) is 14.2. The van der Waals surface area contributed by atoms with E-state index in [1.54, 1.807) is 12.1 Å². The molecule has 0 atom stereocenters. The van der Waals surface area contributed by atoms with E-state index < -0.39 is 0 Å². The third kappa shape index (κ3) is 2.54. The predicted octanol–water partition coefficient (Wildman–Crippen LogP) is 1.59. The molecule has 0 saturated heterocycles. The molecule has 110 valence electrons. The van der Waals surface area contributed by atoms with Crippen LogP contribution in [-0.2, 0) is 0 Å². The van der Waals surface area contributed by atoms with Crippen LogP contribution in [0.3, 0.4) is 0 Å². The molecule has 1 aromatic heterocycles. The fourth-order valence-electron chi connectivity index (χ4n) is 2.33. The number of ketones is 2. The molecule has 5 nitrogen and oxygen atoms in total. The molecule has 0 unspecified atom stereocenters. The molecule has 0 spiro atoms. The standard InChI is InChI=1S/C17H14N2O3/c20-9-8-18-14-10-15(21)16-12(17(14)22)6-7-13(19-16)11-4-2-1-3-5-11/h1-7,10,18,20H,8-9H2. The van der Waals surface area contributed by atoms with Gasteiger partial charge in [-0.2, -0.15) is 0 Å². The number of aliphatic hydroxyl groups excluding tert-OH is 1. The predicted molar refractivity (Wildman–Crippen MR) is 81.5 cm³/mol. The highest BCUT2D eigenvalue weighted by Gasteiger charge is 2.27. The molecule has 5 heteroatoms. The van der Waals surface area contributed by atoms with Crippen molar-refractivity contribution in [3.8, 4) is 11.3 Å². The normalized spacial score (nSPS) is 13.6. The highest BCUT2D eigenvalue weighted by Crippen LogP contribution is 2.23. The average Bonchev–Trinajstić information content (AvgIpc) is 2.57. The van der Waals surface area contributed by atoms with E-state index in [4.69, 9.17) is 5.11 Å². The molecular weight excluding hydrogens is 280 g/mol. The number of pyridine rings is 1. The van der Waals surface area contributed by atoms with E-state index in [2.05, 4.69) is 10.3 Å². The van der Waals surface area contributed by atoms with Crippen molar-refractivity contribution in [1.29, 1.82) is 0 Å². The van der Waals surface area contributed by atoms with Crippen molar-refractivity contribution in [3.63, 3.8) is 0 Å². The maximum Gasteiger partial charge on any atom is 0.211 e. The fourth-order valence-corrected chi connectivity index (χ4v) is 2.33. The third-order valence-electron chi connectivity index (χ3n) is 3.39. The van der Waals surface area contributed by atoms with Gasteiger partial charge in [-0.3, -0.25) is 9.59 Å². The second-order valence-electron chi connectivity index (χ2n) is 4.86. The molecular formula is C17H14N2O3. The molecule has 0 fully saturated rings. The van der Waals surface area contributed by atoms with Crippen molar-refractivity contribution < 1.29 is 14.7 Å². The van der Waals surface area contributed by atoms with Gasteiger partial charge in [-0.1, -0.05) is 30.3 Å². The van der Waals surface area contributed by atoms with Crippen LogP contribution in [0.4, 0.5) is 0 Å². The van der Waals surface area contributed by atoms with E-state index in [1.807, 2.05) is 30.3 Å². The van der Waals surface area contributed by atoms with Crippen LogP contribution in [0.15, 0.2) is 54.2 Å². The number of carbonyl (C=O) groups excluding carboxylic acids is 2. The zero-order valence-electron chi connectivity index (χ0n) is 11.7. The molecule has 2 aromatic rings. The Morgan fingerprint density at radius 3 is 2.55 bits per heavy atom. The van der Waals surface area contributed by atoms with Crippen molar-refractivity contribution in [3.05, 3.63) is 65.5 Å². The van der Waals surface area contributed by atoms with Gasteiger partial charge < -0.3 is 10.4 Å². The molecule has 2 N–H and O–H groups in total. The number of nitrogens with zero attached hydrogens (tertiary/aromatic N) is 1. The number of hydrogen-bond donors (Lipinski definition) is 2. The summed E-state index contributed by atoms with van der Waals surface area (Å²) in [7, 11) is 0. The monoisotopic (exact) mass is 294 g/mol. The second-order valence-corrected chi connectivity index (χ2v) is 4.86. The molecule has 0 amide bonds. The number of aromatic nitrogens is 1. The Hall–Kier alpha value is -2.79. The Bertz CT molecular complexity index is 767. The van der Waals surface area contributed by atoms with E-state index in [9.17, 15) is 9.59 Å². The maximum atomic E-state index is 12.3. The SMILES string of the molecule is O=C1C(NCCO)=CC(=O)c2nc(-c3ccccc3)ccc21. The van der Waals surface area contributed by atoms with Crippen LogP contribution in [0.25, 0.3) is 11.3 Å². The van der Waals surface area contributed by atoms with E-state index in [0.29, 0.717) is 5.69 Å². The van der Waals surface area contributed by atoms with Crippen LogP contribution in [0.5, 0.6) is 0 Å². The lowest BCUT2D eigenvalue weighted by Gasteiger charge is -2.16. The van der Waals surface area contributed by atoms with Gasteiger partial charge in [0, 0.05) is 18.2 Å². The Balaban J connectivity index is 1.99. The number of rotatable bonds is 4. The van der Waals surface area contributed by atoms with Crippen molar-refractivity contribution in [2.75, 3.05) is 13.2 Å². The van der Waals surface area contributed by atoms with Gasteiger partial charge in [-0.15, -0.1) is 0 Å². The van der Waals surface area contributed by atoms with E-state index >= 15 is 0 Å². The highest BCUT2D eigenvalue weighted by molar-refractivity contribution is 6.23. The number of fused-ring (bicyclic) bond motifs is 1. The summed E-state index contributed by atoms with van der Waals surface area (Å²) in [4.78, 5) is 28.8. The summed E-state index contributed by atoms with van der Waals surface area (Å²) in [5.74, 6) is -0.594. The van der Waals surface area contributed by atoms with Crippen molar-refractivity contribution in [2.24, 2.45) is 0 Å². The Morgan fingerprint density at radius 2 is 1.82 bits per heavy atom. The first-order valence-electron chi connectivity index (χ1n) is 6.92. The van der Waals surface area contributed by atoms with Crippen molar-refractivity contribution in [1.82, 2.24) is 10.3 Å². The van der Waals surface area contributed by atoms with Gasteiger partial charge in [0.2, 0.25) is 11.6 Å². The molecule has 0 bridgehead atoms. The molecule has 0 radical (unpaired) electrons. The summed E-state index contributed by atoms with van der Waals surface area (Å²) in [6, 6.07) is 12.8. The van der Waals surface area contributed by atoms with Crippen LogP contribution < -0.4 is 5.32 Å². The molecule has 1 heterocycles. The largest absolute Gasteiger partial charge is 0.395 e. The van der Waals surface area contributed by atoms with Crippen LogP contribution >= 0.6 is 0 Å². The number of carbonyl (C=O) groups is 2. The van der Waals surface area contributed by atoms with Crippen LogP contribution in [-0.4, -0.2) is 34.8 Å². The minimum absolute atomic E-state index is 0.114. The summed E-state index contributed by atoms with van der Waals surface area (Å²) in [6.45, 7) is 0.104. The van der Waals surface area contributed by atoms with Crippen LogP contribution in [0.1, 0.15) is 20.8 Å². The molecule has 3 rings (SSSR count). The van der Waals surface area contributed by atoms with Gasteiger partial charge in [0.15, 0.2) is 0 Å². The number of nitrogens with one attached hydrogen (secondary N) is 1. The highest BCUT2D eigenvalue weighted by atomic mass is 16.3. The summed E-state index contributed by atoms with van der Waals surface area (Å²) >= 11 is 0. The first-order valence-corrected chi connectivity index (χ1v) is 6.92. The van der Waals surface area contributed by atoms with Gasteiger partial charge in [0.05, 0.1) is 23.6 Å². The molecule has 0 saturated carbocycles. The zero-order valence-corrected chi connectivity index (χ0v) is 11.7. The molecule has 1 aromatic carbocycles. The van der Waals surface area contributed by atoms with Gasteiger partial charge in [0.1, 0.15) is 5.69 Å². The van der Waals surface area contributed by atoms with Crippen LogP contribution in [0, 0.1) is 0 Å². The van der Waals surface area contributed by atoms with Crippen LogP contribution in [0.2, 0.25) is 0 Å².